The largest absolute Gasteiger partial charge is 0.482 e. The lowest BCUT2D eigenvalue weighted by molar-refractivity contribution is 0.225. The first kappa shape index (κ1) is 22.7. The van der Waals surface area contributed by atoms with Crippen LogP contribution in [0.4, 0.5) is 10.2 Å². The lowest BCUT2D eigenvalue weighted by atomic mass is 9.98. The van der Waals surface area contributed by atoms with E-state index in [9.17, 15) is 4.39 Å². The molecule has 0 radical (unpaired) electrons. The van der Waals surface area contributed by atoms with Gasteiger partial charge in [0.05, 0.1) is 12.2 Å². The molecule has 166 valence electrons. The molecule has 1 aromatic carbocycles. The van der Waals surface area contributed by atoms with E-state index in [4.69, 9.17) is 10.5 Å². The van der Waals surface area contributed by atoms with Crippen LogP contribution in [0.2, 0.25) is 0 Å². The Hall–Kier alpha value is -2.93. The minimum atomic E-state index is -0.371. The van der Waals surface area contributed by atoms with Crippen LogP contribution in [0.3, 0.4) is 0 Å². The van der Waals surface area contributed by atoms with Crippen LogP contribution in [0.15, 0.2) is 36.8 Å². The number of hydrogen-bond acceptors (Lipinski definition) is 5. The molecule has 6 nitrogen and oxygen atoms in total. The number of nitrogens with two attached hydrogens (primary N) is 1. The van der Waals surface area contributed by atoms with Crippen molar-refractivity contribution in [1.29, 1.82) is 0 Å². The predicted octanol–water partition coefficient (Wildman–Crippen LogP) is 4.98. The fraction of sp³-hybridized carbons (Fsp3) is 0.417. The molecule has 2 heterocycles. The molecule has 0 aliphatic heterocycles. The maximum atomic E-state index is 14.1. The van der Waals surface area contributed by atoms with E-state index in [1.807, 2.05) is 44.0 Å². The van der Waals surface area contributed by atoms with Gasteiger partial charge in [0, 0.05) is 29.1 Å². The summed E-state index contributed by atoms with van der Waals surface area (Å²) in [6, 6.07) is 5.45. The van der Waals surface area contributed by atoms with Crippen molar-refractivity contribution >= 4 is 5.82 Å². The van der Waals surface area contributed by atoms with Crippen LogP contribution in [0.25, 0.3) is 11.1 Å². The molecule has 0 aliphatic rings. The average molecular weight is 426 g/mol. The summed E-state index contributed by atoms with van der Waals surface area (Å²) in [6.45, 7) is 8.71. The molecule has 3 aromatic rings. The molecule has 3 N–H and O–H groups in total. The van der Waals surface area contributed by atoms with Crippen molar-refractivity contribution in [2.45, 2.75) is 52.7 Å². The minimum Gasteiger partial charge on any atom is -0.482 e. The average Bonchev–Trinajstić information content (AvgIpc) is 3.23. The Morgan fingerprint density at radius 2 is 2.00 bits per heavy atom. The van der Waals surface area contributed by atoms with Gasteiger partial charge in [0.1, 0.15) is 11.9 Å². The number of nitrogen functional groups attached to an aromatic ring is 1. The van der Waals surface area contributed by atoms with E-state index in [0.717, 1.165) is 41.6 Å². The third kappa shape index (κ3) is 5.05. The number of nitrogens with one attached hydrogen (secondary N) is 1. The Kier molecular flexibility index (Phi) is 7.28. The summed E-state index contributed by atoms with van der Waals surface area (Å²) < 4.78 is 22.2. The van der Waals surface area contributed by atoms with E-state index in [0.29, 0.717) is 23.2 Å². The van der Waals surface area contributed by atoms with Crippen molar-refractivity contribution in [3.63, 3.8) is 0 Å². The smallest absolute Gasteiger partial charge is 0.166 e. The molecule has 0 saturated carbocycles. The minimum absolute atomic E-state index is 0.243. The van der Waals surface area contributed by atoms with Crippen LogP contribution < -0.4 is 15.8 Å². The zero-order valence-electron chi connectivity index (χ0n) is 18.9. The summed E-state index contributed by atoms with van der Waals surface area (Å²) in [4.78, 5) is 4.32. The lowest BCUT2D eigenvalue weighted by Crippen LogP contribution is -2.16. The van der Waals surface area contributed by atoms with Gasteiger partial charge in [-0.3, -0.25) is 4.68 Å². The molecule has 2 unspecified atom stereocenters. The van der Waals surface area contributed by atoms with Gasteiger partial charge < -0.3 is 15.8 Å². The Labute approximate surface area is 183 Å². The summed E-state index contributed by atoms with van der Waals surface area (Å²) in [6.07, 6.45) is 7.23. The molecular weight excluding hydrogens is 393 g/mol. The molecule has 7 heteroatoms. The van der Waals surface area contributed by atoms with Gasteiger partial charge in [0.15, 0.2) is 11.6 Å². The number of halogens is 1. The first-order chi connectivity index (χ1) is 14.8. The van der Waals surface area contributed by atoms with Gasteiger partial charge in [-0.25, -0.2) is 9.37 Å². The van der Waals surface area contributed by atoms with Crippen LogP contribution in [-0.2, 0) is 0 Å². The molecule has 2 atom stereocenters. The van der Waals surface area contributed by atoms with Gasteiger partial charge in [0.25, 0.3) is 0 Å². The highest BCUT2D eigenvalue weighted by Crippen LogP contribution is 2.33. The highest BCUT2D eigenvalue weighted by Gasteiger charge is 2.18. The molecule has 0 bridgehead atoms. The molecule has 0 amide bonds. The molecule has 0 fully saturated rings. The molecule has 0 aliphatic carbocycles. The summed E-state index contributed by atoms with van der Waals surface area (Å²) >= 11 is 0. The summed E-state index contributed by atoms with van der Waals surface area (Å²) in [5.74, 6) is 0.533. The van der Waals surface area contributed by atoms with Crippen LogP contribution in [0.5, 0.6) is 5.75 Å². The quantitative estimate of drug-likeness (QED) is 0.505. The lowest BCUT2D eigenvalue weighted by Gasteiger charge is -2.20. The summed E-state index contributed by atoms with van der Waals surface area (Å²) in [7, 11) is 1.95. The first-order valence-corrected chi connectivity index (χ1v) is 10.7. The summed E-state index contributed by atoms with van der Waals surface area (Å²) in [5.41, 5.74) is 10.3. The predicted molar refractivity (Wildman–Crippen MR) is 123 cm³/mol. The van der Waals surface area contributed by atoms with Gasteiger partial charge in [-0.1, -0.05) is 13.0 Å². The number of ether oxygens (including phenoxy) is 1. The Morgan fingerprint density at radius 3 is 2.71 bits per heavy atom. The second-order valence-corrected chi connectivity index (χ2v) is 7.93. The van der Waals surface area contributed by atoms with Crippen LogP contribution in [0.1, 0.15) is 55.5 Å². The van der Waals surface area contributed by atoms with Gasteiger partial charge in [0.2, 0.25) is 0 Å². The number of nitrogens with zero attached hydrogens (tertiary/aromatic N) is 3. The molecule has 2 aromatic heterocycles. The second kappa shape index (κ2) is 9.92. The third-order valence-electron chi connectivity index (χ3n) is 5.77. The third-order valence-corrected chi connectivity index (χ3v) is 5.77. The van der Waals surface area contributed by atoms with Crippen LogP contribution >= 0.6 is 0 Å². The van der Waals surface area contributed by atoms with E-state index in [-0.39, 0.29) is 11.9 Å². The van der Waals surface area contributed by atoms with Gasteiger partial charge in [-0.2, -0.15) is 5.10 Å². The molecule has 3 rings (SSSR count). The molecule has 31 heavy (non-hydrogen) atoms. The SMILES string of the molecule is CCC(CCNC)n1cc(-c2cnc(N)c(OC(C)c3c(C)ccc(F)c3C)c2)cn1. The van der Waals surface area contributed by atoms with E-state index >= 15 is 0 Å². The number of pyridine rings is 1. The van der Waals surface area contributed by atoms with Gasteiger partial charge >= 0.3 is 0 Å². The Morgan fingerprint density at radius 1 is 1.23 bits per heavy atom. The number of hydrogen-bond donors (Lipinski definition) is 2. The van der Waals surface area contributed by atoms with Crippen molar-refractivity contribution < 1.29 is 9.13 Å². The Balaban J connectivity index is 1.85. The van der Waals surface area contributed by atoms with Crippen molar-refractivity contribution in [3.05, 3.63) is 59.3 Å². The van der Waals surface area contributed by atoms with Crippen molar-refractivity contribution in [3.8, 4) is 16.9 Å². The molecule has 0 spiro atoms. The first-order valence-electron chi connectivity index (χ1n) is 10.7. The maximum absolute atomic E-state index is 14.1. The van der Waals surface area contributed by atoms with Crippen molar-refractivity contribution in [1.82, 2.24) is 20.1 Å². The zero-order valence-corrected chi connectivity index (χ0v) is 18.9. The molecular formula is C24H32FN5O. The highest BCUT2D eigenvalue weighted by molar-refractivity contribution is 5.66. The number of rotatable bonds is 9. The standard InChI is InChI=1S/C24H32FN5O/c1-6-20(9-10-27-5)30-14-19(13-29-30)18-11-22(24(26)28-12-18)31-17(4)23-15(2)7-8-21(25)16(23)3/h7-8,11-14,17,20,27H,6,9-10H2,1-5H3,(H2,26,28). The van der Waals surface area contributed by atoms with E-state index in [1.54, 1.807) is 19.2 Å². The normalized spacial score (nSPS) is 13.2. The fourth-order valence-corrected chi connectivity index (χ4v) is 3.94. The van der Waals surface area contributed by atoms with Gasteiger partial charge in [-0.15, -0.1) is 0 Å². The fourth-order valence-electron chi connectivity index (χ4n) is 3.94. The van der Waals surface area contributed by atoms with Crippen LogP contribution in [0, 0.1) is 19.7 Å². The van der Waals surface area contributed by atoms with Crippen molar-refractivity contribution in [2.24, 2.45) is 0 Å². The number of aryl methyl sites for hydroxylation is 1. The maximum Gasteiger partial charge on any atom is 0.166 e. The molecule has 0 saturated heterocycles. The van der Waals surface area contributed by atoms with E-state index in [1.165, 1.54) is 6.07 Å². The number of benzene rings is 1. The van der Waals surface area contributed by atoms with E-state index < -0.39 is 0 Å². The van der Waals surface area contributed by atoms with E-state index in [2.05, 4.69) is 22.3 Å². The van der Waals surface area contributed by atoms with Gasteiger partial charge in [-0.05, 0) is 70.5 Å². The summed E-state index contributed by atoms with van der Waals surface area (Å²) in [5, 5.41) is 7.75. The number of aromatic nitrogens is 3. The van der Waals surface area contributed by atoms with Crippen molar-refractivity contribution in [2.75, 3.05) is 19.3 Å². The number of anilines is 1. The second-order valence-electron chi connectivity index (χ2n) is 7.93. The monoisotopic (exact) mass is 425 g/mol. The zero-order chi connectivity index (χ0) is 22.5. The highest BCUT2D eigenvalue weighted by atomic mass is 19.1. The topological polar surface area (TPSA) is 78.0 Å². The Bertz CT molecular complexity index is 1030. The van der Waals surface area contributed by atoms with Crippen LogP contribution in [-0.4, -0.2) is 28.4 Å².